The van der Waals surface area contributed by atoms with Crippen LogP contribution in [0.2, 0.25) is 0 Å². The van der Waals surface area contributed by atoms with Crippen molar-refractivity contribution < 1.29 is 14.6 Å². The van der Waals surface area contributed by atoms with Crippen molar-refractivity contribution in [2.24, 2.45) is 17.3 Å². The molecule has 88 valence electrons. The first-order chi connectivity index (χ1) is 7.05. The summed E-state index contributed by atoms with van der Waals surface area (Å²) in [5.41, 5.74) is -0.611. The van der Waals surface area contributed by atoms with E-state index in [1.165, 1.54) is 7.11 Å². The molecule has 0 aliphatic heterocycles. The molecule has 0 spiro atoms. The molecule has 1 saturated carbocycles. The number of carbonyl (C=O) groups is 1. The van der Waals surface area contributed by atoms with Crippen molar-refractivity contribution in [1.82, 2.24) is 0 Å². The van der Waals surface area contributed by atoms with Crippen LogP contribution in [0.3, 0.4) is 0 Å². The number of aliphatic hydroxyl groups excluding tert-OH is 1. The molecule has 1 fully saturated rings. The van der Waals surface area contributed by atoms with E-state index in [2.05, 4.69) is 13.8 Å². The molecule has 3 nitrogen and oxygen atoms in total. The molecule has 1 rings (SSSR count). The average molecular weight is 214 g/mol. The number of esters is 1. The van der Waals surface area contributed by atoms with Crippen LogP contribution < -0.4 is 0 Å². The highest BCUT2D eigenvalue weighted by Gasteiger charge is 2.42. The minimum atomic E-state index is -0.611. The molecule has 0 radical (unpaired) electrons. The van der Waals surface area contributed by atoms with Gasteiger partial charge in [0.2, 0.25) is 0 Å². The van der Waals surface area contributed by atoms with Gasteiger partial charge in [-0.2, -0.15) is 0 Å². The molecule has 3 heteroatoms. The predicted molar refractivity (Wildman–Crippen MR) is 58.3 cm³/mol. The summed E-state index contributed by atoms with van der Waals surface area (Å²) in [6.45, 7) is 4.36. The molecule has 15 heavy (non-hydrogen) atoms. The van der Waals surface area contributed by atoms with E-state index in [-0.39, 0.29) is 12.6 Å². The fraction of sp³-hybridized carbons (Fsp3) is 0.917. The van der Waals surface area contributed by atoms with Gasteiger partial charge in [0.1, 0.15) is 0 Å². The van der Waals surface area contributed by atoms with E-state index in [9.17, 15) is 9.90 Å². The minimum absolute atomic E-state index is 0.0789. The van der Waals surface area contributed by atoms with E-state index >= 15 is 0 Å². The smallest absolute Gasteiger partial charge is 0.314 e. The van der Waals surface area contributed by atoms with Crippen molar-refractivity contribution in [3.63, 3.8) is 0 Å². The molecular formula is C12H22O3. The molecule has 0 heterocycles. The predicted octanol–water partition coefficient (Wildman–Crippen LogP) is 1.98. The zero-order valence-electron chi connectivity index (χ0n) is 9.95. The number of ether oxygens (including phenoxy) is 1. The van der Waals surface area contributed by atoms with Gasteiger partial charge in [0.15, 0.2) is 0 Å². The summed E-state index contributed by atoms with van der Waals surface area (Å²) in [5.74, 6) is 1.11. The lowest BCUT2D eigenvalue weighted by Crippen LogP contribution is -2.40. The van der Waals surface area contributed by atoms with Crippen LogP contribution in [0, 0.1) is 17.3 Å². The van der Waals surface area contributed by atoms with Gasteiger partial charge in [-0.15, -0.1) is 0 Å². The minimum Gasteiger partial charge on any atom is -0.469 e. The molecule has 0 aromatic carbocycles. The zero-order chi connectivity index (χ0) is 11.5. The maximum Gasteiger partial charge on any atom is 0.314 e. The number of methoxy groups -OCH3 is 1. The quantitative estimate of drug-likeness (QED) is 0.731. The van der Waals surface area contributed by atoms with E-state index in [1.54, 1.807) is 0 Å². The third-order valence-corrected chi connectivity index (χ3v) is 3.85. The second-order valence-electron chi connectivity index (χ2n) is 5.01. The highest BCUT2D eigenvalue weighted by Crippen LogP contribution is 2.41. The lowest BCUT2D eigenvalue weighted by molar-refractivity contribution is -0.158. The van der Waals surface area contributed by atoms with Crippen LogP contribution in [0.5, 0.6) is 0 Å². The van der Waals surface area contributed by atoms with Gasteiger partial charge >= 0.3 is 5.97 Å². The van der Waals surface area contributed by atoms with Crippen molar-refractivity contribution in [1.29, 1.82) is 0 Å². The van der Waals surface area contributed by atoms with Gasteiger partial charge in [-0.25, -0.2) is 0 Å². The molecular weight excluding hydrogens is 192 g/mol. The number of hydrogen-bond acceptors (Lipinski definition) is 3. The van der Waals surface area contributed by atoms with E-state index in [4.69, 9.17) is 4.74 Å². The number of aliphatic hydroxyl groups is 1. The molecule has 0 unspecified atom stereocenters. The summed E-state index contributed by atoms with van der Waals surface area (Å²) < 4.78 is 4.78. The standard InChI is InChI=1S/C12H22O3/c1-9(2)10-4-6-12(8-13,7-5-10)11(14)15-3/h9-10,13H,4-8H2,1-3H3/t10-,12+. The Morgan fingerprint density at radius 2 is 2.00 bits per heavy atom. The summed E-state index contributed by atoms with van der Waals surface area (Å²) in [6, 6.07) is 0. The molecule has 0 amide bonds. The Morgan fingerprint density at radius 1 is 1.47 bits per heavy atom. The second-order valence-corrected chi connectivity index (χ2v) is 5.01. The fourth-order valence-corrected chi connectivity index (χ4v) is 2.50. The summed E-state index contributed by atoms with van der Waals surface area (Å²) in [4.78, 5) is 11.6. The molecule has 0 atom stereocenters. The maximum absolute atomic E-state index is 11.6. The van der Waals surface area contributed by atoms with Crippen LogP contribution in [0.15, 0.2) is 0 Å². The molecule has 1 aliphatic rings. The largest absolute Gasteiger partial charge is 0.469 e. The molecule has 1 N–H and O–H groups in total. The summed E-state index contributed by atoms with van der Waals surface area (Å²) >= 11 is 0. The Bertz CT molecular complexity index is 215. The second kappa shape index (κ2) is 4.97. The van der Waals surface area contributed by atoms with Crippen molar-refractivity contribution in [3.05, 3.63) is 0 Å². The molecule has 0 aromatic heterocycles. The topological polar surface area (TPSA) is 46.5 Å². The van der Waals surface area contributed by atoms with Gasteiger partial charge in [-0.1, -0.05) is 13.8 Å². The normalized spacial score (nSPS) is 31.7. The third-order valence-electron chi connectivity index (χ3n) is 3.85. The van der Waals surface area contributed by atoms with Gasteiger partial charge in [0.05, 0.1) is 19.1 Å². The first-order valence-electron chi connectivity index (χ1n) is 5.75. The van der Waals surface area contributed by atoms with Crippen molar-refractivity contribution >= 4 is 5.97 Å². The Labute approximate surface area is 91.8 Å². The monoisotopic (exact) mass is 214 g/mol. The van der Waals surface area contributed by atoms with Crippen LogP contribution in [-0.2, 0) is 9.53 Å². The average Bonchev–Trinajstić information content (AvgIpc) is 2.27. The Kier molecular flexibility index (Phi) is 4.14. The Hall–Kier alpha value is -0.570. The van der Waals surface area contributed by atoms with Crippen LogP contribution >= 0.6 is 0 Å². The van der Waals surface area contributed by atoms with Gasteiger partial charge in [-0.3, -0.25) is 4.79 Å². The summed E-state index contributed by atoms with van der Waals surface area (Å²) in [5, 5.41) is 9.37. The van der Waals surface area contributed by atoms with Crippen LogP contribution in [0.1, 0.15) is 39.5 Å². The van der Waals surface area contributed by atoms with E-state index in [0.717, 1.165) is 25.7 Å². The lowest BCUT2D eigenvalue weighted by atomic mass is 9.68. The van der Waals surface area contributed by atoms with Crippen molar-refractivity contribution in [2.45, 2.75) is 39.5 Å². The zero-order valence-corrected chi connectivity index (χ0v) is 9.95. The van der Waals surface area contributed by atoms with E-state index in [0.29, 0.717) is 11.8 Å². The highest BCUT2D eigenvalue weighted by molar-refractivity contribution is 5.77. The van der Waals surface area contributed by atoms with Gasteiger partial charge in [0, 0.05) is 0 Å². The number of hydrogen-bond donors (Lipinski definition) is 1. The van der Waals surface area contributed by atoms with Gasteiger partial charge in [0.25, 0.3) is 0 Å². The van der Waals surface area contributed by atoms with Crippen LogP contribution in [0.4, 0.5) is 0 Å². The Balaban J connectivity index is 2.62. The first kappa shape index (κ1) is 12.5. The van der Waals surface area contributed by atoms with E-state index < -0.39 is 5.41 Å². The SMILES string of the molecule is COC(=O)[C@]1(CO)CC[C@H](C(C)C)CC1. The highest BCUT2D eigenvalue weighted by atomic mass is 16.5. The van der Waals surface area contributed by atoms with Crippen LogP contribution in [-0.4, -0.2) is 24.8 Å². The van der Waals surface area contributed by atoms with Crippen molar-refractivity contribution in [3.8, 4) is 0 Å². The molecule has 1 aliphatic carbocycles. The number of rotatable bonds is 3. The van der Waals surface area contributed by atoms with E-state index in [1.807, 2.05) is 0 Å². The van der Waals surface area contributed by atoms with Gasteiger partial charge < -0.3 is 9.84 Å². The Morgan fingerprint density at radius 3 is 2.33 bits per heavy atom. The molecule has 0 saturated heterocycles. The van der Waals surface area contributed by atoms with Crippen LogP contribution in [0.25, 0.3) is 0 Å². The fourth-order valence-electron chi connectivity index (χ4n) is 2.50. The molecule has 0 aromatic rings. The molecule has 0 bridgehead atoms. The third kappa shape index (κ3) is 2.51. The first-order valence-corrected chi connectivity index (χ1v) is 5.75. The maximum atomic E-state index is 11.6. The van der Waals surface area contributed by atoms with Crippen molar-refractivity contribution in [2.75, 3.05) is 13.7 Å². The van der Waals surface area contributed by atoms with Gasteiger partial charge in [-0.05, 0) is 37.5 Å². The summed E-state index contributed by atoms with van der Waals surface area (Å²) in [6.07, 6.45) is 3.57. The summed E-state index contributed by atoms with van der Waals surface area (Å²) in [7, 11) is 1.40. The lowest BCUT2D eigenvalue weighted by Gasteiger charge is -2.37. The number of carbonyl (C=O) groups excluding carboxylic acids is 1.